The fraction of sp³-hybridized carbons (Fsp3) is 0.286. The van der Waals surface area contributed by atoms with Crippen LogP contribution in [0.3, 0.4) is 0 Å². The highest BCUT2D eigenvalue weighted by Crippen LogP contribution is 2.24. The van der Waals surface area contributed by atoms with E-state index in [4.69, 9.17) is 4.98 Å². The second-order valence-electron chi connectivity index (χ2n) is 6.58. The maximum atomic E-state index is 12.2. The monoisotopic (exact) mass is 380 g/mol. The number of pyridine rings is 1. The number of rotatable bonds is 7. The third kappa shape index (κ3) is 5.45. The zero-order valence-corrected chi connectivity index (χ0v) is 16.7. The number of carbonyl (C=O) groups excluding carboxylic acids is 1. The summed E-state index contributed by atoms with van der Waals surface area (Å²) in [7, 11) is 1.91. The van der Waals surface area contributed by atoms with Crippen molar-refractivity contribution < 1.29 is 4.79 Å². The van der Waals surface area contributed by atoms with Crippen LogP contribution in [0.1, 0.15) is 23.9 Å². The summed E-state index contributed by atoms with van der Waals surface area (Å²) in [6.45, 7) is 4.96. The van der Waals surface area contributed by atoms with Crippen molar-refractivity contribution in [3.8, 4) is 10.6 Å². The van der Waals surface area contributed by atoms with Crippen molar-refractivity contribution in [1.82, 2.24) is 14.9 Å². The highest BCUT2D eigenvalue weighted by Gasteiger charge is 2.11. The highest BCUT2D eigenvalue weighted by molar-refractivity contribution is 7.13. The Balaban J connectivity index is 1.55. The lowest BCUT2D eigenvalue weighted by atomic mass is 10.1. The highest BCUT2D eigenvalue weighted by atomic mass is 32.1. The number of thiazole rings is 1. The number of hydrogen-bond acceptors (Lipinski definition) is 5. The van der Waals surface area contributed by atoms with Gasteiger partial charge in [-0.2, -0.15) is 0 Å². The van der Waals surface area contributed by atoms with Crippen LogP contribution in [0.5, 0.6) is 0 Å². The molecule has 0 bridgehead atoms. The van der Waals surface area contributed by atoms with Crippen molar-refractivity contribution in [2.75, 3.05) is 18.9 Å². The van der Waals surface area contributed by atoms with Gasteiger partial charge >= 0.3 is 0 Å². The number of nitrogens with one attached hydrogen (secondary N) is 1. The minimum Gasteiger partial charge on any atom is -0.310 e. The molecule has 6 heteroatoms. The summed E-state index contributed by atoms with van der Waals surface area (Å²) in [6, 6.07) is 14.1. The zero-order chi connectivity index (χ0) is 19.2. The minimum atomic E-state index is -0.0822. The summed E-state index contributed by atoms with van der Waals surface area (Å²) < 4.78 is 0. The molecule has 3 rings (SSSR count). The van der Waals surface area contributed by atoms with Gasteiger partial charge in [-0.25, -0.2) is 9.97 Å². The molecule has 1 amide bonds. The van der Waals surface area contributed by atoms with Crippen LogP contribution in [0.25, 0.3) is 10.6 Å². The van der Waals surface area contributed by atoms with Crippen molar-refractivity contribution in [1.29, 1.82) is 0 Å². The first-order valence-corrected chi connectivity index (χ1v) is 9.87. The van der Waals surface area contributed by atoms with Crippen LogP contribution in [0.4, 0.5) is 5.82 Å². The van der Waals surface area contributed by atoms with Gasteiger partial charge in [-0.1, -0.05) is 37.3 Å². The molecule has 0 saturated heterocycles. The average molecular weight is 381 g/mol. The Labute approximate surface area is 164 Å². The molecule has 0 fully saturated rings. The Morgan fingerprint density at radius 2 is 1.93 bits per heavy atom. The normalized spacial score (nSPS) is 11.0. The number of nitrogens with zero attached hydrogens (tertiary/aromatic N) is 3. The first-order valence-electron chi connectivity index (χ1n) is 8.99. The number of benzene rings is 1. The predicted molar refractivity (Wildman–Crippen MR) is 111 cm³/mol. The first kappa shape index (κ1) is 19.2. The van der Waals surface area contributed by atoms with Crippen LogP contribution < -0.4 is 5.32 Å². The number of aryl methyl sites for hydroxylation is 2. The Morgan fingerprint density at radius 3 is 2.63 bits per heavy atom. The fourth-order valence-corrected chi connectivity index (χ4v) is 3.58. The maximum Gasteiger partial charge on any atom is 0.239 e. The summed E-state index contributed by atoms with van der Waals surface area (Å²) in [5.74, 6) is 0.501. The van der Waals surface area contributed by atoms with Crippen LogP contribution in [-0.4, -0.2) is 34.4 Å². The van der Waals surface area contributed by atoms with Gasteiger partial charge in [0.2, 0.25) is 5.91 Å². The number of anilines is 1. The molecular weight excluding hydrogens is 356 g/mol. The molecule has 0 atom stereocenters. The Kier molecular flexibility index (Phi) is 6.32. The summed E-state index contributed by atoms with van der Waals surface area (Å²) in [5.41, 5.74) is 4.31. The molecule has 140 valence electrons. The number of amides is 1. The van der Waals surface area contributed by atoms with E-state index in [1.807, 2.05) is 31.0 Å². The van der Waals surface area contributed by atoms with Crippen LogP contribution >= 0.6 is 11.3 Å². The van der Waals surface area contributed by atoms with E-state index in [9.17, 15) is 4.79 Å². The molecule has 3 aromatic rings. The van der Waals surface area contributed by atoms with Gasteiger partial charge < -0.3 is 5.32 Å². The molecule has 0 saturated carbocycles. The lowest BCUT2D eigenvalue weighted by molar-refractivity contribution is -0.117. The smallest absolute Gasteiger partial charge is 0.239 e. The van der Waals surface area contributed by atoms with E-state index in [1.54, 1.807) is 17.4 Å². The van der Waals surface area contributed by atoms with Crippen LogP contribution in [0.2, 0.25) is 0 Å². The summed E-state index contributed by atoms with van der Waals surface area (Å²) in [6.07, 6.45) is 1.04. The molecule has 0 aliphatic rings. The standard InChI is InChI=1S/C21H24N4OS/c1-4-16-8-10-17(11-9-16)21-23-18(14-27-21)12-25(3)13-20(26)24-19-7-5-6-15(2)22-19/h5-11,14H,4,12-13H2,1-3H3,(H,22,24,26). The first-order chi connectivity index (χ1) is 13.0. The number of likely N-dealkylation sites (N-methyl/N-ethyl adjacent to an activating group) is 1. The molecular formula is C21H24N4OS. The van der Waals surface area contributed by atoms with Crippen molar-refractivity contribution in [3.63, 3.8) is 0 Å². The van der Waals surface area contributed by atoms with E-state index < -0.39 is 0 Å². The van der Waals surface area contributed by atoms with Crippen molar-refractivity contribution in [2.24, 2.45) is 0 Å². The lowest BCUT2D eigenvalue weighted by Crippen LogP contribution is -2.30. The Bertz CT molecular complexity index is 905. The van der Waals surface area contributed by atoms with Gasteiger partial charge in [0.25, 0.3) is 0 Å². The molecule has 0 spiro atoms. The number of carbonyl (C=O) groups is 1. The summed E-state index contributed by atoms with van der Waals surface area (Å²) in [4.78, 5) is 23.2. The Morgan fingerprint density at radius 1 is 1.15 bits per heavy atom. The molecule has 5 nitrogen and oxygen atoms in total. The van der Waals surface area contributed by atoms with Crippen LogP contribution in [0.15, 0.2) is 47.8 Å². The van der Waals surface area contributed by atoms with Crippen LogP contribution in [-0.2, 0) is 17.8 Å². The predicted octanol–water partition coefficient (Wildman–Crippen LogP) is 4.15. The second kappa shape index (κ2) is 8.88. The molecule has 0 radical (unpaired) electrons. The molecule has 1 aromatic carbocycles. The zero-order valence-electron chi connectivity index (χ0n) is 15.9. The van der Waals surface area contributed by atoms with E-state index in [0.717, 1.165) is 28.4 Å². The quantitative estimate of drug-likeness (QED) is 0.669. The molecule has 27 heavy (non-hydrogen) atoms. The van der Waals surface area contributed by atoms with Gasteiger partial charge in [-0.3, -0.25) is 9.69 Å². The van der Waals surface area contributed by atoms with Gasteiger partial charge in [0.15, 0.2) is 0 Å². The second-order valence-corrected chi connectivity index (χ2v) is 7.44. The topological polar surface area (TPSA) is 58.1 Å². The third-order valence-corrected chi connectivity index (χ3v) is 5.10. The van der Waals surface area contributed by atoms with E-state index in [2.05, 4.69) is 46.9 Å². The lowest BCUT2D eigenvalue weighted by Gasteiger charge is -2.14. The third-order valence-electron chi connectivity index (χ3n) is 4.16. The summed E-state index contributed by atoms with van der Waals surface area (Å²) in [5, 5.41) is 5.90. The molecule has 2 heterocycles. The SMILES string of the molecule is CCc1ccc(-c2nc(CN(C)CC(=O)Nc3cccc(C)n3)cs2)cc1. The van der Waals surface area contributed by atoms with Crippen molar-refractivity contribution in [2.45, 2.75) is 26.8 Å². The van der Waals surface area contributed by atoms with Gasteiger partial charge in [0.1, 0.15) is 10.8 Å². The largest absolute Gasteiger partial charge is 0.310 e. The average Bonchev–Trinajstić information content (AvgIpc) is 3.10. The molecule has 0 aliphatic carbocycles. The van der Waals surface area contributed by atoms with E-state index in [1.165, 1.54) is 5.56 Å². The fourth-order valence-electron chi connectivity index (χ4n) is 2.77. The molecule has 2 aromatic heterocycles. The van der Waals surface area contributed by atoms with E-state index in [-0.39, 0.29) is 12.5 Å². The van der Waals surface area contributed by atoms with Gasteiger partial charge in [0, 0.05) is 23.2 Å². The van der Waals surface area contributed by atoms with Crippen LogP contribution in [0, 0.1) is 6.92 Å². The summed E-state index contributed by atoms with van der Waals surface area (Å²) >= 11 is 1.63. The van der Waals surface area contributed by atoms with E-state index >= 15 is 0 Å². The number of hydrogen-bond donors (Lipinski definition) is 1. The molecule has 0 aliphatic heterocycles. The Hall–Kier alpha value is -2.57. The van der Waals surface area contributed by atoms with Gasteiger partial charge in [-0.05, 0) is 38.1 Å². The van der Waals surface area contributed by atoms with E-state index in [0.29, 0.717) is 12.4 Å². The van der Waals surface area contributed by atoms with Crippen molar-refractivity contribution >= 4 is 23.1 Å². The maximum absolute atomic E-state index is 12.2. The molecule has 0 unspecified atom stereocenters. The van der Waals surface area contributed by atoms with Crippen molar-refractivity contribution in [3.05, 3.63) is 64.8 Å². The van der Waals surface area contributed by atoms with Gasteiger partial charge in [-0.15, -0.1) is 11.3 Å². The minimum absolute atomic E-state index is 0.0822. The van der Waals surface area contributed by atoms with Gasteiger partial charge in [0.05, 0.1) is 12.2 Å². The molecule has 1 N–H and O–H groups in total. The number of aromatic nitrogens is 2.